The highest BCUT2D eigenvalue weighted by Gasteiger charge is 2.36. The predicted molar refractivity (Wildman–Crippen MR) is 123 cm³/mol. The van der Waals surface area contributed by atoms with E-state index in [0.717, 1.165) is 23.4 Å². The molecule has 0 saturated carbocycles. The van der Waals surface area contributed by atoms with Gasteiger partial charge in [-0.25, -0.2) is 9.37 Å². The van der Waals surface area contributed by atoms with Crippen LogP contribution in [0, 0.1) is 5.82 Å². The third kappa shape index (κ3) is 3.98. The van der Waals surface area contributed by atoms with Crippen LogP contribution in [0.25, 0.3) is 0 Å². The van der Waals surface area contributed by atoms with Gasteiger partial charge in [0.2, 0.25) is 5.91 Å². The molecule has 0 radical (unpaired) electrons. The van der Waals surface area contributed by atoms with Crippen LogP contribution in [0.2, 0.25) is 0 Å². The van der Waals surface area contributed by atoms with Gasteiger partial charge >= 0.3 is 0 Å². The largest absolute Gasteiger partial charge is 0.366 e. The van der Waals surface area contributed by atoms with E-state index in [9.17, 15) is 14.0 Å². The Morgan fingerprint density at radius 1 is 1.00 bits per heavy atom. The summed E-state index contributed by atoms with van der Waals surface area (Å²) in [5, 5.41) is 3.39. The van der Waals surface area contributed by atoms with E-state index in [1.165, 1.54) is 17.4 Å². The maximum atomic E-state index is 14.1. The quantitative estimate of drug-likeness (QED) is 0.655. The molecular formula is C24H23FN4O2S. The Bertz CT molecular complexity index is 1140. The fourth-order valence-electron chi connectivity index (χ4n) is 4.38. The van der Waals surface area contributed by atoms with E-state index in [0.29, 0.717) is 42.6 Å². The Balaban J connectivity index is 1.23. The van der Waals surface area contributed by atoms with Gasteiger partial charge in [0, 0.05) is 36.6 Å². The molecule has 2 aliphatic rings. The Labute approximate surface area is 189 Å². The number of benzene rings is 2. The zero-order chi connectivity index (χ0) is 22.1. The number of piperazine rings is 1. The van der Waals surface area contributed by atoms with Crippen LogP contribution in [0.4, 0.5) is 15.2 Å². The van der Waals surface area contributed by atoms with Crippen LogP contribution in [0.1, 0.15) is 33.3 Å². The minimum absolute atomic E-state index is 0.0724. The molecule has 1 aliphatic heterocycles. The summed E-state index contributed by atoms with van der Waals surface area (Å²) in [7, 11) is 0. The topological polar surface area (TPSA) is 65.5 Å². The molecule has 1 unspecified atom stereocenters. The Morgan fingerprint density at radius 3 is 2.47 bits per heavy atom. The molecule has 5 rings (SSSR count). The summed E-state index contributed by atoms with van der Waals surface area (Å²) in [4.78, 5) is 35.2. The van der Waals surface area contributed by atoms with E-state index in [4.69, 9.17) is 0 Å². The molecule has 0 bridgehead atoms. The molecule has 1 N–H and O–H groups in total. The molecule has 1 aromatic heterocycles. The third-order valence-electron chi connectivity index (χ3n) is 6.06. The third-order valence-corrected chi connectivity index (χ3v) is 7.10. The van der Waals surface area contributed by atoms with Gasteiger partial charge < -0.3 is 9.80 Å². The normalized spacial score (nSPS) is 17.8. The van der Waals surface area contributed by atoms with E-state index in [-0.39, 0.29) is 23.5 Å². The van der Waals surface area contributed by atoms with E-state index >= 15 is 0 Å². The lowest BCUT2D eigenvalue weighted by molar-refractivity contribution is -0.133. The zero-order valence-corrected chi connectivity index (χ0v) is 18.3. The van der Waals surface area contributed by atoms with Crippen molar-refractivity contribution in [1.82, 2.24) is 9.88 Å². The van der Waals surface area contributed by atoms with Gasteiger partial charge in [-0.05, 0) is 37.1 Å². The Hall–Kier alpha value is -3.26. The molecule has 164 valence electrons. The van der Waals surface area contributed by atoms with Gasteiger partial charge in [-0.2, -0.15) is 0 Å². The standard InChI is InChI=1S/C24H23FN4O2S/c25-18-8-4-5-9-19(18)28-12-14-29(15-13-28)23(31)17-10-11-20-21(17)26-24(32-20)27-22(30)16-6-2-1-3-7-16/h1-9,17H,10-15H2,(H,26,27,30). The van der Waals surface area contributed by atoms with Crippen molar-refractivity contribution in [2.24, 2.45) is 0 Å². The Morgan fingerprint density at radius 2 is 1.72 bits per heavy atom. The minimum Gasteiger partial charge on any atom is -0.366 e. The van der Waals surface area contributed by atoms with E-state index in [2.05, 4.69) is 10.3 Å². The highest BCUT2D eigenvalue weighted by atomic mass is 32.1. The number of thiazole rings is 1. The number of nitrogens with one attached hydrogen (secondary N) is 1. The van der Waals surface area contributed by atoms with Gasteiger partial charge in [0.15, 0.2) is 5.13 Å². The van der Waals surface area contributed by atoms with Crippen molar-refractivity contribution in [1.29, 1.82) is 0 Å². The number of nitrogens with zero attached hydrogens (tertiary/aromatic N) is 3. The number of carbonyl (C=O) groups is 2. The highest BCUT2D eigenvalue weighted by Crippen LogP contribution is 2.39. The maximum absolute atomic E-state index is 14.1. The molecule has 3 aromatic rings. The van der Waals surface area contributed by atoms with Crippen molar-refractivity contribution in [3.05, 3.63) is 76.5 Å². The summed E-state index contributed by atoms with van der Waals surface area (Å²) in [5.41, 5.74) is 1.95. The number of fused-ring (bicyclic) bond motifs is 1. The highest BCUT2D eigenvalue weighted by molar-refractivity contribution is 7.16. The molecule has 2 heterocycles. The first-order valence-corrected chi connectivity index (χ1v) is 11.6. The number of aromatic nitrogens is 1. The van der Waals surface area contributed by atoms with E-state index < -0.39 is 0 Å². The van der Waals surface area contributed by atoms with Crippen LogP contribution in [0.3, 0.4) is 0 Å². The molecule has 2 aromatic carbocycles. The molecular weight excluding hydrogens is 427 g/mol. The first kappa shape index (κ1) is 20.6. The molecule has 1 saturated heterocycles. The lowest BCUT2D eigenvalue weighted by Gasteiger charge is -2.37. The van der Waals surface area contributed by atoms with Gasteiger partial charge in [-0.1, -0.05) is 30.3 Å². The number of para-hydroxylation sites is 1. The number of carbonyl (C=O) groups excluding carboxylic acids is 2. The van der Waals surface area contributed by atoms with Crippen molar-refractivity contribution in [3.8, 4) is 0 Å². The second kappa shape index (κ2) is 8.70. The average Bonchev–Trinajstić information content (AvgIpc) is 3.40. The average molecular weight is 451 g/mol. The van der Waals surface area contributed by atoms with Gasteiger partial charge in [0.25, 0.3) is 5.91 Å². The summed E-state index contributed by atoms with van der Waals surface area (Å²) < 4.78 is 14.1. The van der Waals surface area contributed by atoms with Crippen LogP contribution < -0.4 is 10.2 Å². The summed E-state index contributed by atoms with van der Waals surface area (Å²) in [6.07, 6.45) is 1.53. The van der Waals surface area contributed by atoms with E-state index in [1.807, 2.05) is 34.1 Å². The first-order chi connectivity index (χ1) is 15.6. The molecule has 2 amide bonds. The fourth-order valence-corrected chi connectivity index (χ4v) is 5.41. The lowest BCUT2D eigenvalue weighted by Crippen LogP contribution is -2.50. The second-order valence-electron chi connectivity index (χ2n) is 8.00. The summed E-state index contributed by atoms with van der Waals surface area (Å²) >= 11 is 1.45. The number of hydrogen-bond acceptors (Lipinski definition) is 5. The maximum Gasteiger partial charge on any atom is 0.257 e. The Kier molecular flexibility index (Phi) is 5.61. The predicted octanol–water partition coefficient (Wildman–Crippen LogP) is 3.91. The molecule has 1 aliphatic carbocycles. The first-order valence-electron chi connectivity index (χ1n) is 10.7. The van der Waals surface area contributed by atoms with Gasteiger partial charge in [0.1, 0.15) is 5.82 Å². The molecule has 32 heavy (non-hydrogen) atoms. The number of aryl methyl sites for hydroxylation is 1. The molecule has 1 atom stereocenters. The fraction of sp³-hybridized carbons (Fsp3) is 0.292. The van der Waals surface area contributed by atoms with Gasteiger partial charge in [-0.15, -0.1) is 11.3 Å². The van der Waals surface area contributed by atoms with Crippen molar-refractivity contribution >= 4 is 34.0 Å². The molecule has 6 nitrogen and oxygen atoms in total. The van der Waals surface area contributed by atoms with Crippen LogP contribution in [-0.4, -0.2) is 47.9 Å². The minimum atomic E-state index is -0.274. The number of rotatable bonds is 4. The van der Waals surface area contributed by atoms with Gasteiger partial charge in [0.05, 0.1) is 17.3 Å². The second-order valence-corrected chi connectivity index (χ2v) is 9.09. The van der Waals surface area contributed by atoms with Crippen LogP contribution in [0.15, 0.2) is 54.6 Å². The summed E-state index contributed by atoms with van der Waals surface area (Å²) in [6, 6.07) is 15.7. The summed E-state index contributed by atoms with van der Waals surface area (Å²) in [5.74, 6) is -0.641. The van der Waals surface area contributed by atoms with Crippen molar-refractivity contribution in [3.63, 3.8) is 0 Å². The monoisotopic (exact) mass is 450 g/mol. The number of halogens is 1. The van der Waals surface area contributed by atoms with Crippen LogP contribution in [0.5, 0.6) is 0 Å². The SMILES string of the molecule is O=C(Nc1nc2c(s1)CCC2C(=O)N1CCN(c2ccccc2F)CC1)c1ccccc1. The van der Waals surface area contributed by atoms with Crippen LogP contribution >= 0.6 is 11.3 Å². The zero-order valence-electron chi connectivity index (χ0n) is 17.5. The van der Waals surface area contributed by atoms with Crippen LogP contribution in [-0.2, 0) is 11.2 Å². The number of anilines is 2. The van der Waals surface area contributed by atoms with E-state index in [1.54, 1.807) is 24.3 Å². The summed E-state index contributed by atoms with van der Waals surface area (Å²) in [6.45, 7) is 2.31. The van der Waals surface area contributed by atoms with Gasteiger partial charge in [-0.3, -0.25) is 14.9 Å². The smallest absolute Gasteiger partial charge is 0.257 e. The number of hydrogen-bond donors (Lipinski definition) is 1. The van der Waals surface area contributed by atoms with Crippen molar-refractivity contribution in [2.45, 2.75) is 18.8 Å². The van der Waals surface area contributed by atoms with Crippen molar-refractivity contribution in [2.75, 3.05) is 36.4 Å². The molecule has 8 heteroatoms. The van der Waals surface area contributed by atoms with Crippen molar-refractivity contribution < 1.29 is 14.0 Å². The number of amides is 2. The lowest BCUT2D eigenvalue weighted by atomic mass is 10.1. The molecule has 1 fully saturated rings. The molecule has 0 spiro atoms.